The normalized spacial score (nSPS) is 21.2. The van der Waals surface area contributed by atoms with E-state index in [4.69, 9.17) is 18.0 Å². The summed E-state index contributed by atoms with van der Waals surface area (Å²) in [4.78, 5) is 0.581. The summed E-state index contributed by atoms with van der Waals surface area (Å²) in [5.74, 6) is 0.416. The molecule has 0 aromatic heterocycles. The van der Waals surface area contributed by atoms with Gasteiger partial charge < -0.3 is 5.73 Å². The summed E-state index contributed by atoms with van der Waals surface area (Å²) < 4.78 is 26.5. The molecule has 0 amide bonds. The minimum absolute atomic E-state index is 0.274. The quantitative estimate of drug-likeness (QED) is 0.863. The monoisotopic (exact) mass is 298 g/mol. The first-order valence-corrected chi connectivity index (χ1v) is 8.16. The first-order valence-electron chi connectivity index (χ1n) is 6.31. The van der Waals surface area contributed by atoms with Gasteiger partial charge in [0.1, 0.15) is 4.99 Å². The van der Waals surface area contributed by atoms with E-state index in [0.29, 0.717) is 29.5 Å². The van der Waals surface area contributed by atoms with Crippen molar-refractivity contribution >= 4 is 27.2 Å². The van der Waals surface area contributed by atoms with Crippen molar-refractivity contribution in [3.8, 4) is 0 Å². The number of sulfonamides is 1. The van der Waals surface area contributed by atoms with Crippen molar-refractivity contribution in [2.75, 3.05) is 13.1 Å². The Balaban J connectivity index is 2.26. The molecule has 4 nitrogen and oxygen atoms in total. The number of hydrogen-bond acceptors (Lipinski definition) is 3. The molecule has 0 aliphatic carbocycles. The third kappa shape index (κ3) is 3.13. The van der Waals surface area contributed by atoms with Gasteiger partial charge in [0.15, 0.2) is 0 Å². The third-order valence-electron chi connectivity index (χ3n) is 3.40. The molecule has 2 N–H and O–H groups in total. The van der Waals surface area contributed by atoms with Crippen LogP contribution in [0.5, 0.6) is 0 Å². The predicted molar refractivity (Wildman–Crippen MR) is 79.5 cm³/mol. The van der Waals surface area contributed by atoms with Crippen LogP contribution in [0.3, 0.4) is 0 Å². The van der Waals surface area contributed by atoms with Crippen molar-refractivity contribution in [2.45, 2.75) is 24.7 Å². The van der Waals surface area contributed by atoms with Crippen molar-refractivity contribution in [2.24, 2.45) is 11.7 Å². The molecule has 0 radical (unpaired) electrons. The van der Waals surface area contributed by atoms with Crippen molar-refractivity contribution in [3.63, 3.8) is 0 Å². The molecule has 19 heavy (non-hydrogen) atoms. The van der Waals surface area contributed by atoms with Crippen LogP contribution in [0.15, 0.2) is 29.2 Å². The zero-order valence-electron chi connectivity index (χ0n) is 10.9. The largest absolute Gasteiger partial charge is 0.389 e. The highest BCUT2D eigenvalue weighted by atomic mass is 32.2. The number of nitrogens with zero attached hydrogens (tertiary/aromatic N) is 1. The van der Waals surface area contributed by atoms with Gasteiger partial charge in [-0.3, -0.25) is 0 Å². The highest BCUT2D eigenvalue weighted by molar-refractivity contribution is 7.89. The summed E-state index contributed by atoms with van der Waals surface area (Å²) in [5.41, 5.74) is 6.19. The molecular weight excluding hydrogens is 280 g/mol. The van der Waals surface area contributed by atoms with Crippen LogP contribution in [-0.2, 0) is 10.0 Å². The minimum Gasteiger partial charge on any atom is -0.389 e. The van der Waals surface area contributed by atoms with Gasteiger partial charge in [-0.2, -0.15) is 4.31 Å². The Morgan fingerprint density at radius 3 is 2.53 bits per heavy atom. The van der Waals surface area contributed by atoms with Crippen molar-refractivity contribution in [3.05, 3.63) is 29.8 Å². The highest BCUT2D eigenvalue weighted by Gasteiger charge is 2.28. The lowest BCUT2D eigenvalue weighted by atomic mass is 10.0. The van der Waals surface area contributed by atoms with Gasteiger partial charge >= 0.3 is 0 Å². The van der Waals surface area contributed by atoms with Crippen molar-refractivity contribution in [1.82, 2.24) is 4.31 Å². The average Bonchev–Trinajstić information content (AvgIpc) is 2.39. The minimum atomic E-state index is -3.39. The van der Waals surface area contributed by atoms with Crippen LogP contribution in [-0.4, -0.2) is 30.8 Å². The van der Waals surface area contributed by atoms with Crippen LogP contribution >= 0.6 is 12.2 Å². The van der Waals surface area contributed by atoms with E-state index in [2.05, 4.69) is 6.92 Å². The second kappa shape index (κ2) is 5.56. The maximum atomic E-state index is 12.5. The lowest BCUT2D eigenvalue weighted by Gasteiger charge is -2.30. The molecule has 6 heteroatoms. The van der Waals surface area contributed by atoms with E-state index in [1.807, 2.05) is 0 Å². The van der Waals surface area contributed by atoms with Crippen LogP contribution in [0.4, 0.5) is 0 Å². The Hall–Kier alpha value is -0.980. The Bertz CT molecular complexity index is 567. The molecule has 0 bridgehead atoms. The summed E-state index contributed by atoms with van der Waals surface area (Å²) >= 11 is 4.86. The fourth-order valence-electron chi connectivity index (χ4n) is 2.30. The van der Waals surface area contributed by atoms with Gasteiger partial charge in [0.05, 0.1) is 4.90 Å². The summed E-state index contributed by atoms with van der Waals surface area (Å²) in [7, 11) is -3.39. The zero-order valence-corrected chi connectivity index (χ0v) is 12.5. The van der Waals surface area contributed by atoms with Crippen molar-refractivity contribution < 1.29 is 8.42 Å². The number of thiocarbonyl (C=S) groups is 1. The third-order valence-corrected chi connectivity index (χ3v) is 5.51. The molecule has 1 heterocycles. The Morgan fingerprint density at radius 2 is 2.00 bits per heavy atom. The molecule has 1 aromatic rings. The van der Waals surface area contributed by atoms with Gasteiger partial charge in [0.25, 0.3) is 0 Å². The van der Waals surface area contributed by atoms with E-state index < -0.39 is 10.0 Å². The summed E-state index contributed by atoms with van der Waals surface area (Å²) in [6, 6.07) is 6.46. The Kier molecular flexibility index (Phi) is 4.23. The van der Waals surface area contributed by atoms with E-state index >= 15 is 0 Å². The molecule has 1 aromatic carbocycles. The molecule has 1 aliphatic heterocycles. The first kappa shape index (κ1) is 14.4. The molecule has 104 valence electrons. The fraction of sp³-hybridized carbons (Fsp3) is 0.462. The molecular formula is C13H18N2O2S2. The van der Waals surface area contributed by atoms with E-state index in [9.17, 15) is 8.42 Å². The first-order chi connectivity index (χ1) is 8.91. The summed E-state index contributed by atoms with van der Waals surface area (Å²) in [5, 5.41) is 0. The zero-order chi connectivity index (χ0) is 14.0. The van der Waals surface area contributed by atoms with Crippen molar-refractivity contribution in [1.29, 1.82) is 0 Å². The second-order valence-corrected chi connectivity index (χ2v) is 7.38. The Morgan fingerprint density at radius 1 is 1.37 bits per heavy atom. The number of hydrogen-bond donors (Lipinski definition) is 1. The van der Waals surface area contributed by atoms with E-state index in [1.165, 1.54) is 0 Å². The maximum absolute atomic E-state index is 12.5. The molecule has 1 saturated heterocycles. The number of piperidine rings is 1. The molecule has 1 unspecified atom stereocenters. The molecule has 1 atom stereocenters. The van der Waals surface area contributed by atoms with Gasteiger partial charge in [-0.05, 0) is 30.9 Å². The van der Waals surface area contributed by atoms with Crippen LogP contribution in [0.25, 0.3) is 0 Å². The fourth-order valence-corrected chi connectivity index (χ4v) is 4.04. The predicted octanol–water partition coefficient (Wildman–Crippen LogP) is 1.74. The topological polar surface area (TPSA) is 63.4 Å². The number of rotatable bonds is 3. The Labute approximate surface area is 119 Å². The van der Waals surface area contributed by atoms with E-state index in [-0.39, 0.29) is 4.99 Å². The second-order valence-electron chi connectivity index (χ2n) is 5.00. The van der Waals surface area contributed by atoms with Crippen LogP contribution in [0.2, 0.25) is 0 Å². The lowest BCUT2D eigenvalue weighted by molar-refractivity contribution is 0.281. The maximum Gasteiger partial charge on any atom is 0.243 e. The SMILES string of the molecule is CC1CCCN(S(=O)(=O)c2ccc(C(N)=S)cc2)C1. The van der Waals surface area contributed by atoms with E-state index in [1.54, 1.807) is 28.6 Å². The molecule has 0 spiro atoms. The molecule has 1 fully saturated rings. The van der Waals surface area contributed by atoms with Gasteiger partial charge in [-0.25, -0.2) is 8.42 Å². The van der Waals surface area contributed by atoms with E-state index in [0.717, 1.165) is 12.8 Å². The van der Waals surface area contributed by atoms with Gasteiger partial charge in [0, 0.05) is 18.7 Å². The van der Waals surface area contributed by atoms with Crippen LogP contribution in [0.1, 0.15) is 25.3 Å². The summed E-state index contributed by atoms with van der Waals surface area (Å²) in [6.07, 6.45) is 2.01. The molecule has 0 saturated carbocycles. The smallest absolute Gasteiger partial charge is 0.243 e. The van der Waals surface area contributed by atoms with Gasteiger partial charge in [-0.1, -0.05) is 31.3 Å². The van der Waals surface area contributed by atoms with Crippen LogP contribution < -0.4 is 5.73 Å². The standard InChI is InChI=1S/C13H18N2O2S2/c1-10-3-2-8-15(9-10)19(16,17)12-6-4-11(5-7-12)13(14)18/h4-7,10H,2-3,8-9H2,1H3,(H2,14,18). The average molecular weight is 298 g/mol. The van der Waals surface area contributed by atoms with Gasteiger partial charge in [-0.15, -0.1) is 0 Å². The number of nitrogens with two attached hydrogens (primary N) is 1. The van der Waals surface area contributed by atoms with Crippen LogP contribution in [0, 0.1) is 5.92 Å². The molecule has 1 aliphatic rings. The van der Waals surface area contributed by atoms with Gasteiger partial charge in [0.2, 0.25) is 10.0 Å². The summed E-state index contributed by atoms with van der Waals surface area (Å²) in [6.45, 7) is 3.28. The molecule has 2 rings (SSSR count). The highest BCUT2D eigenvalue weighted by Crippen LogP contribution is 2.23. The lowest BCUT2D eigenvalue weighted by Crippen LogP contribution is -2.39. The number of benzene rings is 1.